The maximum absolute atomic E-state index is 13.6. The lowest BCUT2D eigenvalue weighted by atomic mass is 10.1. The Hall–Kier alpha value is -5.26. The van der Waals surface area contributed by atoms with Gasteiger partial charge in [-0.2, -0.15) is 0 Å². The molecule has 0 aliphatic rings. The molecule has 12 nitrogen and oxygen atoms in total. The molecule has 0 unspecified atom stereocenters. The number of amidine groups is 1. The van der Waals surface area contributed by atoms with Crippen molar-refractivity contribution < 1.29 is 23.9 Å². The van der Waals surface area contributed by atoms with Crippen molar-refractivity contribution in [1.29, 1.82) is 0 Å². The first kappa shape index (κ1) is 30.7. The molecule has 0 aliphatic heterocycles. The molecule has 4 aromatic rings. The third-order valence-corrected chi connectivity index (χ3v) is 6.53. The molecule has 0 saturated heterocycles. The van der Waals surface area contributed by atoms with Gasteiger partial charge in [0.1, 0.15) is 17.5 Å². The molecule has 0 saturated carbocycles. The lowest BCUT2D eigenvalue weighted by Crippen LogP contribution is -2.34. The summed E-state index contributed by atoms with van der Waals surface area (Å²) in [6.45, 7) is 4.02. The summed E-state index contributed by atoms with van der Waals surface area (Å²) < 4.78 is 11.9. The van der Waals surface area contributed by atoms with Crippen LogP contribution >= 0.6 is 0 Å². The zero-order valence-electron chi connectivity index (χ0n) is 24.4. The quantitative estimate of drug-likeness (QED) is 0.135. The number of carbonyl (C=O) groups excluding carboxylic acids is 3. The van der Waals surface area contributed by atoms with Crippen LogP contribution in [0.5, 0.6) is 0 Å². The van der Waals surface area contributed by atoms with Crippen LogP contribution < -0.4 is 16.0 Å². The van der Waals surface area contributed by atoms with E-state index in [0.717, 1.165) is 23.4 Å². The van der Waals surface area contributed by atoms with Crippen molar-refractivity contribution >= 4 is 46.2 Å². The van der Waals surface area contributed by atoms with E-state index in [0.29, 0.717) is 35.6 Å². The van der Waals surface area contributed by atoms with Gasteiger partial charge in [-0.25, -0.2) is 15.0 Å². The fourth-order valence-electron chi connectivity index (χ4n) is 4.25. The second-order valence-electron chi connectivity index (χ2n) is 9.65. The van der Waals surface area contributed by atoms with Crippen molar-refractivity contribution in [3.05, 3.63) is 83.8 Å². The molecule has 0 radical (unpaired) electrons. The molecule has 2 heterocycles. The van der Waals surface area contributed by atoms with Crippen LogP contribution in [0.3, 0.4) is 0 Å². The molecule has 4 rings (SSSR count). The van der Waals surface area contributed by atoms with E-state index in [-0.39, 0.29) is 37.4 Å². The van der Waals surface area contributed by atoms with Gasteiger partial charge in [0.15, 0.2) is 6.73 Å². The van der Waals surface area contributed by atoms with Crippen LogP contribution in [0.15, 0.2) is 71.9 Å². The van der Waals surface area contributed by atoms with Crippen LogP contribution in [-0.2, 0) is 32.7 Å². The lowest BCUT2D eigenvalue weighted by Gasteiger charge is -2.21. The third kappa shape index (κ3) is 8.15. The van der Waals surface area contributed by atoms with Crippen molar-refractivity contribution in [2.24, 2.45) is 17.8 Å². The first-order valence-electron chi connectivity index (χ1n) is 13.9. The van der Waals surface area contributed by atoms with E-state index >= 15 is 0 Å². The predicted octanol–water partition coefficient (Wildman–Crippen LogP) is 3.80. The molecule has 0 bridgehead atoms. The van der Waals surface area contributed by atoms with Gasteiger partial charge in [0.2, 0.25) is 0 Å². The van der Waals surface area contributed by atoms with Crippen LogP contribution in [0.25, 0.3) is 11.0 Å². The highest BCUT2D eigenvalue weighted by atomic mass is 16.5. The SMILES string of the molecule is CCCOC(=O)CCN(C(=O)c1ccc2c(c1)nc(CNc1ccc(/C(N)=N/COC(C)=O)cc1)n2C)c1ccccn1. The molecule has 224 valence electrons. The van der Waals surface area contributed by atoms with Gasteiger partial charge in [-0.05, 0) is 61.0 Å². The van der Waals surface area contributed by atoms with Gasteiger partial charge in [-0.3, -0.25) is 19.3 Å². The standard InChI is InChI=1S/C31H35N7O5/c1-4-17-42-29(40)14-16-38(27-7-5-6-15-33-27)31(41)23-10-13-26-25(18-23)36-28(37(26)3)19-34-24-11-8-22(9-12-24)30(32)35-20-43-21(2)39/h5-13,15,18,34H,4,14,16-17,19-20H2,1-3H3,(H2,32,35). The number of aromatic nitrogens is 3. The summed E-state index contributed by atoms with van der Waals surface area (Å²) in [5.74, 6) is 0.417. The number of anilines is 2. The Morgan fingerprint density at radius 1 is 1.05 bits per heavy atom. The minimum atomic E-state index is -0.422. The normalized spacial score (nSPS) is 11.3. The lowest BCUT2D eigenvalue weighted by molar-refractivity contribution is -0.143. The van der Waals surface area contributed by atoms with Gasteiger partial charge >= 0.3 is 11.9 Å². The molecule has 0 fully saturated rings. The average Bonchev–Trinajstić information content (AvgIpc) is 3.33. The van der Waals surface area contributed by atoms with Gasteiger partial charge in [0.05, 0.1) is 30.6 Å². The Bertz CT molecular complexity index is 1600. The number of amides is 1. The highest BCUT2D eigenvalue weighted by Gasteiger charge is 2.21. The molecule has 2 aromatic heterocycles. The number of hydrogen-bond donors (Lipinski definition) is 2. The van der Waals surface area contributed by atoms with Crippen molar-refractivity contribution in [1.82, 2.24) is 14.5 Å². The number of aliphatic imine (C=N–C) groups is 1. The zero-order chi connectivity index (χ0) is 30.8. The molecule has 43 heavy (non-hydrogen) atoms. The Balaban J connectivity index is 1.46. The number of nitrogens with two attached hydrogens (primary N) is 1. The van der Waals surface area contributed by atoms with E-state index in [1.54, 1.807) is 36.5 Å². The Morgan fingerprint density at radius 3 is 2.51 bits per heavy atom. The Kier molecular flexibility index (Phi) is 10.4. The molecule has 3 N–H and O–H groups in total. The van der Waals surface area contributed by atoms with Gasteiger partial charge in [-0.1, -0.05) is 13.0 Å². The Labute approximate surface area is 249 Å². The number of fused-ring (bicyclic) bond motifs is 1. The number of benzene rings is 2. The molecule has 2 aromatic carbocycles. The Morgan fingerprint density at radius 2 is 1.81 bits per heavy atom. The summed E-state index contributed by atoms with van der Waals surface area (Å²) in [6, 6.07) is 18.0. The van der Waals surface area contributed by atoms with E-state index in [1.807, 2.05) is 48.9 Å². The molecular weight excluding hydrogens is 550 g/mol. The third-order valence-electron chi connectivity index (χ3n) is 6.53. The maximum Gasteiger partial charge on any atom is 0.307 e. The van der Waals surface area contributed by atoms with E-state index in [4.69, 9.17) is 20.2 Å². The fraction of sp³-hybridized carbons (Fsp3) is 0.290. The summed E-state index contributed by atoms with van der Waals surface area (Å²) in [5, 5.41) is 3.35. The van der Waals surface area contributed by atoms with Gasteiger partial charge in [0.25, 0.3) is 5.91 Å². The van der Waals surface area contributed by atoms with Gasteiger partial charge in [-0.15, -0.1) is 0 Å². The zero-order valence-corrected chi connectivity index (χ0v) is 24.4. The number of nitrogens with zero attached hydrogens (tertiary/aromatic N) is 5. The van der Waals surface area contributed by atoms with Crippen molar-refractivity contribution in [3.63, 3.8) is 0 Å². The molecule has 0 spiro atoms. The van der Waals surface area contributed by atoms with Gasteiger partial charge < -0.3 is 25.1 Å². The van der Waals surface area contributed by atoms with E-state index in [2.05, 4.69) is 15.3 Å². The van der Waals surface area contributed by atoms with Crippen LogP contribution in [0, 0.1) is 0 Å². The smallest absolute Gasteiger partial charge is 0.307 e. The number of nitrogens with one attached hydrogen (secondary N) is 1. The molecule has 0 atom stereocenters. The van der Waals surface area contributed by atoms with E-state index < -0.39 is 5.97 Å². The second kappa shape index (κ2) is 14.6. The van der Waals surface area contributed by atoms with Crippen molar-refractivity contribution in [3.8, 4) is 0 Å². The number of ether oxygens (including phenoxy) is 2. The minimum Gasteiger partial charge on any atom is -0.466 e. The predicted molar refractivity (Wildman–Crippen MR) is 164 cm³/mol. The van der Waals surface area contributed by atoms with Crippen LogP contribution in [0.4, 0.5) is 11.5 Å². The van der Waals surface area contributed by atoms with Crippen LogP contribution in [0.1, 0.15) is 48.4 Å². The summed E-state index contributed by atoms with van der Waals surface area (Å²) in [6.07, 6.45) is 2.39. The molecular formula is C31H35N7O5. The molecule has 12 heteroatoms. The van der Waals surface area contributed by atoms with Crippen molar-refractivity contribution in [2.75, 3.05) is 30.1 Å². The highest BCUT2D eigenvalue weighted by molar-refractivity contribution is 6.07. The summed E-state index contributed by atoms with van der Waals surface area (Å²) in [4.78, 5) is 51.3. The fourth-order valence-corrected chi connectivity index (χ4v) is 4.25. The summed E-state index contributed by atoms with van der Waals surface area (Å²) in [5.41, 5.74) is 9.49. The number of aryl methyl sites for hydroxylation is 1. The first-order valence-corrected chi connectivity index (χ1v) is 13.9. The van der Waals surface area contributed by atoms with Crippen molar-refractivity contribution in [2.45, 2.75) is 33.2 Å². The number of hydrogen-bond acceptors (Lipinski definition) is 9. The number of esters is 2. The number of imidazole rings is 1. The monoisotopic (exact) mass is 585 g/mol. The second-order valence-corrected chi connectivity index (χ2v) is 9.65. The molecule has 0 aliphatic carbocycles. The number of rotatable bonds is 13. The number of carbonyl (C=O) groups is 3. The van der Waals surface area contributed by atoms with E-state index in [1.165, 1.54) is 11.8 Å². The van der Waals surface area contributed by atoms with Crippen LogP contribution in [0.2, 0.25) is 0 Å². The first-order chi connectivity index (χ1) is 20.8. The average molecular weight is 586 g/mol. The van der Waals surface area contributed by atoms with Crippen LogP contribution in [-0.4, -0.2) is 58.1 Å². The van der Waals surface area contributed by atoms with Gasteiger partial charge in [0, 0.05) is 43.5 Å². The number of pyridine rings is 1. The topological polar surface area (TPSA) is 154 Å². The minimum absolute atomic E-state index is 0.0542. The largest absolute Gasteiger partial charge is 0.466 e. The molecule has 1 amide bonds. The summed E-state index contributed by atoms with van der Waals surface area (Å²) in [7, 11) is 1.92. The highest BCUT2D eigenvalue weighted by Crippen LogP contribution is 2.21. The summed E-state index contributed by atoms with van der Waals surface area (Å²) >= 11 is 0. The maximum atomic E-state index is 13.6. The van der Waals surface area contributed by atoms with E-state index in [9.17, 15) is 14.4 Å².